The monoisotopic (exact) mass is 172 g/mol. The van der Waals surface area contributed by atoms with E-state index in [1.807, 2.05) is 6.92 Å². The Hall–Kier alpha value is -0.620. The molecular formula is C8H12O2S. The first kappa shape index (κ1) is 10.4. The van der Waals surface area contributed by atoms with Crippen molar-refractivity contribution in [1.29, 1.82) is 0 Å². The van der Waals surface area contributed by atoms with Gasteiger partial charge < -0.3 is 4.74 Å². The average molecular weight is 172 g/mol. The molecule has 0 bridgehead atoms. The third-order valence-electron chi connectivity index (χ3n) is 1.12. The highest BCUT2D eigenvalue weighted by Gasteiger charge is 2.11. The van der Waals surface area contributed by atoms with E-state index >= 15 is 0 Å². The number of hydrogen-bond acceptors (Lipinski definition) is 3. The molecule has 0 aromatic carbocycles. The molecule has 2 nitrogen and oxygen atoms in total. The van der Waals surface area contributed by atoms with Gasteiger partial charge in [0.1, 0.15) is 5.25 Å². The first-order chi connectivity index (χ1) is 5.22. The minimum Gasteiger partial charge on any atom is -0.468 e. The second-order valence-corrected chi connectivity index (χ2v) is 3.23. The highest BCUT2D eigenvalue weighted by atomic mass is 32.2. The lowest BCUT2D eigenvalue weighted by molar-refractivity contribution is -0.139. The van der Waals surface area contributed by atoms with Crippen molar-refractivity contribution in [2.75, 3.05) is 12.9 Å². The predicted molar refractivity (Wildman–Crippen MR) is 47.4 cm³/mol. The van der Waals surface area contributed by atoms with Gasteiger partial charge in [-0.2, -0.15) is 0 Å². The molecule has 0 N–H and O–H groups in total. The molecule has 0 fully saturated rings. The normalized spacial score (nSPS) is 11.2. The number of ether oxygens (including phenoxy) is 1. The van der Waals surface area contributed by atoms with Crippen LogP contribution >= 0.6 is 11.8 Å². The van der Waals surface area contributed by atoms with Crippen LogP contribution in [0.1, 0.15) is 13.8 Å². The van der Waals surface area contributed by atoms with Crippen LogP contribution < -0.4 is 0 Å². The highest BCUT2D eigenvalue weighted by Crippen LogP contribution is 2.09. The Morgan fingerprint density at radius 1 is 1.73 bits per heavy atom. The lowest BCUT2D eigenvalue weighted by Crippen LogP contribution is -2.14. The standard InChI is InChI=1S/C8H12O2S/c1-4-5-6-11-7(2)8(9)10-3/h7H,6H2,1-3H3. The van der Waals surface area contributed by atoms with Gasteiger partial charge in [0.05, 0.1) is 12.9 Å². The smallest absolute Gasteiger partial charge is 0.318 e. The molecule has 0 heterocycles. The summed E-state index contributed by atoms with van der Waals surface area (Å²) in [6, 6.07) is 0. The number of esters is 1. The summed E-state index contributed by atoms with van der Waals surface area (Å²) in [6.07, 6.45) is 0. The van der Waals surface area contributed by atoms with Crippen LogP contribution in [0.5, 0.6) is 0 Å². The number of rotatable bonds is 3. The van der Waals surface area contributed by atoms with E-state index in [9.17, 15) is 4.79 Å². The summed E-state index contributed by atoms with van der Waals surface area (Å²) in [7, 11) is 1.39. The number of carbonyl (C=O) groups is 1. The van der Waals surface area contributed by atoms with Crippen LogP contribution in [0.25, 0.3) is 0 Å². The summed E-state index contributed by atoms with van der Waals surface area (Å²) in [5.74, 6) is 6.12. The van der Waals surface area contributed by atoms with Crippen molar-refractivity contribution in [2.24, 2.45) is 0 Å². The van der Waals surface area contributed by atoms with Crippen LogP contribution in [0, 0.1) is 11.8 Å². The van der Waals surface area contributed by atoms with E-state index in [0.717, 1.165) is 0 Å². The van der Waals surface area contributed by atoms with Crippen molar-refractivity contribution >= 4 is 17.7 Å². The van der Waals surface area contributed by atoms with E-state index < -0.39 is 0 Å². The molecule has 0 radical (unpaired) electrons. The third-order valence-corrected chi connectivity index (χ3v) is 2.12. The zero-order valence-electron chi connectivity index (χ0n) is 7.01. The molecule has 62 valence electrons. The fourth-order valence-corrected chi connectivity index (χ4v) is 1.18. The summed E-state index contributed by atoms with van der Waals surface area (Å²) in [5.41, 5.74) is 0. The van der Waals surface area contributed by atoms with E-state index in [1.54, 1.807) is 6.92 Å². The van der Waals surface area contributed by atoms with Gasteiger partial charge >= 0.3 is 5.97 Å². The number of hydrogen-bond donors (Lipinski definition) is 0. The average Bonchev–Trinajstić information content (AvgIpc) is 2.03. The maximum Gasteiger partial charge on any atom is 0.318 e. The van der Waals surface area contributed by atoms with Gasteiger partial charge in [-0.15, -0.1) is 17.7 Å². The van der Waals surface area contributed by atoms with Crippen LogP contribution in [0.2, 0.25) is 0 Å². The van der Waals surface area contributed by atoms with Crippen molar-refractivity contribution in [3.8, 4) is 11.8 Å². The molecule has 0 aliphatic carbocycles. The second kappa shape index (κ2) is 6.11. The Bertz CT molecular complexity index is 178. The number of methoxy groups -OCH3 is 1. The fraction of sp³-hybridized carbons (Fsp3) is 0.625. The van der Waals surface area contributed by atoms with Crippen molar-refractivity contribution < 1.29 is 9.53 Å². The Balaban J connectivity index is 3.57. The fourth-order valence-electron chi connectivity index (χ4n) is 0.473. The number of carbonyl (C=O) groups excluding carboxylic acids is 1. The molecule has 0 saturated carbocycles. The van der Waals surface area contributed by atoms with Crippen LogP contribution in [-0.2, 0) is 9.53 Å². The highest BCUT2D eigenvalue weighted by molar-refractivity contribution is 8.00. The van der Waals surface area contributed by atoms with Gasteiger partial charge in [0.2, 0.25) is 0 Å². The molecule has 0 rings (SSSR count). The molecule has 1 unspecified atom stereocenters. The van der Waals surface area contributed by atoms with Gasteiger partial charge in [-0.1, -0.05) is 5.92 Å². The van der Waals surface area contributed by atoms with Crippen molar-refractivity contribution in [3.63, 3.8) is 0 Å². The third kappa shape index (κ3) is 4.74. The summed E-state index contributed by atoms with van der Waals surface area (Å²) < 4.78 is 4.53. The zero-order valence-corrected chi connectivity index (χ0v) is 7.83. The van der Waals surface area contributed by atoms with E-state index in [2.05, 4.69) is 16.6 Å². The van der Waals surface area contributed by atoms with Gasteiger partial charge in [0, 0.05) is 0 Å². The molecule has 0 spiro atoms. The zero-order chi connectivity index (χ0) is 8.69. The van der Waals surface area contributed by atoms with Gasteiger partial charge in [-0.25, -0.2) is 0 Å². The first-order valence-electron chi connectivity index (χ1n) is 3.31. The van der Waals surface area contributed by atoms with Gasteiger partial charge in [-0.05, 0) is 13.8 Å². The molecule has 0 saturated heterocycles. The molecule has 3 heteroatoms. The number of thioether (sulfide) groups is 1. The summed E-state index contributed by atoms with van der Waals surface area (Å²) in [6.45, 7) is 3.59. The van der Waals surface area contributed by atoms with Crippen molar-refractivity contribution in [1.82, 2.24) is 0 Å². The Morgan fingerprint density at radius 3 is 2.82 bits per heavy atom. The topological polar surface area (TPSA) is 26.3 Å². The minimum absolute atomic E-state index is 0.110. The molecular weight excluding hydrogens is 160 g/mol. The Morgan fingerprint density at radius 2 is 2.36 bits per heavy atom. The largest absolute Gasteiger partial charge is 0.468 e. The van der Waals surface area contributed by atoms with Gasteiger partial charge in [0.15, 0.2) is 0 Å². The van der Waals surface area contributed by atoms with Gasteiger partial charge in [-0.3, -0.25) is 4.79 Å². The molecule has 0 aliphatic heterocycles. The molecule has 0 amide bonds. The maximum absolute atomic E-state index is 10.8. The van der Waals surface area contributed by atoms with Crippen LogP contribution in [0.4, 0.5) is 0 Å². The van der Waals surface area contributed by atoms with Gasteiger partial charge in [0.25, 0.3) is 0 Å². The SMILES string of the molecule is CC#CCSC(C)C(=O)OC. The predicted octanol–water partition coefficient (Wildman–Crippen LogP) is 1.30. The minimum atomic E-state index is -0.187. The van der Waals surface area contributed by atoms with Crippen molar-refractivity contribution in [2.45, 2.75) is 19.1 Å². The summed E-state index contributed by atoms with van der Waals surface area (Å²) in [5, 5.41) is -0.110. The van der Waals surface area contributed by atoms with Crippen molar-refractivity contribution in [3.05, 3.63) is 0 Å². The van der Waals surface area contributed by atoms with Crippen LogP contribution in [0.3, 0.4) is 0 Å². The van der Waals surface area contributed by atoms with Crippen LogP contribution in [0.15, 0.2) is 0 Å². The Labute approximate surface area is 71.7 Å². The lowest BCUT2D eigenvalue weighted by Gasteiger charge is -2.04. The maximum atomic E-state index is 10.8. The quantitative estimate of drug-likeness (QED) is 0.474. The lowest BCUT2D eigenvalue weighted by atomic mass is 10.5. The Kier molecular flexibility index (Phi) is 5.77. The molecule has 0 aliphatic rings. The summed E-state index contributed by atoms with van der Waals surface area (Å²) >= 11 is 1.49. The van der Waals surface area contributed by atoms with Crippen LogP contribution in [-0.4, -0.2) is 24.1 Å². The molecule has 11 heavy (non-hydrogen) atoms. The van der Waals surface area contributed by atoms with E-state index in [1.165, 1.54) is 18.9 Å². The summed E-state index contributed by atoms with van der Waals surface area (Å²) in [4.78, 5) is 10.8. The molecule has 0 aromatic heterocycles. The first-order valence-corrected chi connectivity index (χ1v) is 4.36. The molecule has 0 aromatic rings. The second-order valence-electron chi connectivity index (χ2n) is 1.90. The molecule has 1 atom stereocenters. The van der Waals surface area contributed by atoms with E-state index in [4.69, 9.17) is 0 Å². The van der Waals surface area contributed by atoms with E-state index in [0.29, 0.717) is 5.75 Å². The van der Waals surface area contributed by atoms with E-state index in [-0.39, 0.29) is 11.2 Å².